The Morgan fingerprint density at radius 2 is 1.56 bits per heavy atom. The molecule has 2 saturated heterocycles. The molecule has 2 aliphatic rings. The fourth-order valence-corrected chi connectivity index (χ4v) is 3.55. The molecule has 84 valence electrons. The Morgan fingerprint density at radius 3 is 2.06 bits per heavy atom. The Balaban J connectivity index is 1.85. The first-order valence-electron chi connectivity index (χ1n) is 5.84. The van der Waals surface area contributed by atoms with Gasteiger partial charge in [-0.3, -0.25) is 0 Å². The molecule has 2 aliphatic heterocycles. The van der Waals surface area contributed by atoms with Gasteiger partial charge in [0, 0.05) is 22.7 Å². The van der Waals surface area contributed by atoms with Crippen LogP contribution < -0.4 is 0 Å². The van der Waals surface area contributed by atoms with Gasteiger partial charge in [0.2, 0.25) is 0 Å². The van der Waals surface area contributed by atoms with Crippen molar-refractivity contribution in [1.82, 2.24) is 4.90 Å². The highest BCUT2D eigenvalue weighted by Crippen LogP contribution is 2.38. The Morgan fingerprint density at radius 1 is 1.06 bits per heavy atom. The third-order valence-corrected chi connectivity index (χ3v) is 4.48. The minimum atomic E-state index is 0.702. The number of nitrogens with zero attached hydrogens (tertiary/aromatic N) is 1. The average Bonchev–Trinajstić information content (AvgIpc) is 2.88. The first-order chi connectivity index (χ1) is 7.75. The maximum atomic E-state index is 5.89. The topological polar surface area (TPSA) is 3.24 Å². The predicted molar refractivity (Wildman–Crippen MR) is 71.0 cm³/mol. The predicted octanol–water partition coefficient (Wildman–Crippen LogP) is 3.64. The van der Waals surface area contributed by atoms with Crippen molar-refractivity contribution >= 4 is 28.8 Å². The summed E-state index contributed by atoms with van der Waals surface area (Å²) in [6, 6.07) is 9.30. The molecule has 3 heteroatoms. The summed E-state index contributed by atoms with van der Waals surface area (Å²) in [6.45, 7) is 0. The van der Waals surface area contributed by atoms with Crippen LogP contribution in [-0.2, 0) is 0 Å². The van der Waals surface area contributed by atoms with Crippen molar-refractivity contribution in [2.45, 2.75) is 37.8 Å². The van der Waals surface area contributed by atoms with Crippen molar-refractivity contribution in [3.8, 4) is 0 Å². The van der Waals surface area contributed by atoms with Crippen molar-refractivity contribution in [2.24, 2.45) is 0 Å². The summed E-state index contributed by atoms with van der Waals surface area (Å²) in [5, 5.41) is 0.774. The molecule has 1 aromatic carbocycles. The van der Waals surface area contributed by atoms with Crippen LogP contribution in [0.1, 0.15) is 31.2 Å². The molecule has 0 aliphatic carbocycles. The van der Waals surface area contributed by atoms with Crippen LogP contribution in [0.25, 0.3) is 0 Å². The van der Waals surface area contributed by atoms with Gasteiger partial charge >= 0.3 is 0 Å². The third-order valence-electron chi connectivity index (χ3n) is 3.78. The highest BCUT2D eigenvalue weighted by atomic mass is 35.5. The minimum Gasteiger partial charge on any atom is -0.356 e. The zero-order valence-corrected chi connectivity index (χ0v) is 10.6. The van der Waals surface area contributed by atoms with Crippen LogP contribution in [0, 0.1) is 0 Å². The Bertz CT molecular complexity index is 394. The van der Waals surface area contributed by atoms with E-state index in [0.29, 0.717) is 12.1 Å². The van der Waals surface area contributed by atoms with E-state index >= 15 is 0 Å². The van der Waals surface area contributed by atoms with Crippen LogP contribution in [0.2, 0.25) is 5.02 Å². The van der Waals surface area contributed by atoms with Crippen LogP contribution in [-0.4, -0.2) is 22.0 Å². The molecular weight excluding hydrogens is 238 g/mol. The molecule has 0 spiro atoms. The van der Waals surface area contributed by atoms with E-state index in [9.17, 15) is 0 Å². The maximum Gasteiger partial charge on any atom is 0.109 e. The van der Waals surface area contributed by atoms with Gasteiger partial charge in [-0.2, -0.15) is 0 Å². The molecule has 1 nitrogen and oxygen atoms in total. The molecule has 1 aromatic rings. The van der Waals surface area contributed by atoms with Gasteiger partial charge in [-0.1, -0.05) is 36.0 Å². The van der Waals surface area contributed by atoms with E-state index in [2.05, 4.69) is 4.90 Å². The van der Waals surface area contributed by atoms with Crippen molar-refractivity contribution in [3.63, 3.8) is 0 Å². The fraction of sp³-hybridized carbons (Fsp3) is 0.462. The van der Waals surface area contributed by atoms with Gasteiger partial charge in [-0.15, -0.1) is 0 Å². The van der Waals surface area contributed by atoms with Crippen LogP contribution in [0.3, 0.4) is 0 Å². The molecule has 0 atom stereocenters. The highest BCUT2D eigenvalue weighted by molar-refractivity contribution is 7.80. The van der Waals surface area contributed by atoms with Gasteiger partial charge in [-0.05, 0) is 37.8 Å². The summed E-state index contributed by atoms with van der Waals surface area (Å²) < 4.78 is 0. The molecule has 0 amide bonds. The van der Waals surface area contributed by atoms with Crippen molar-refractivity contribution in [3.05, 3.63) is 34.9 Å². The normalized spacial score (nSPS) is 27.4. The largest absolute Gasteiger partial charge is 0.356 e. The number of hydrogen-bond donors (Lipinski definition) is 0. The monoisotopic (exact) mass is 251 g/mol. The smallest absolute Gasteiger partial charge is 0.109 e. The zero-order valence-electron chi connectivity index (χ0n) is 9.03. The summed E-state index contributed by atoms with van der Waals surface area (Å²) in [7, 11) is 0. The summed E-state index contributed by atoms with van der Waals surface area (Å²) in [6.07, 6.45) is 5.27. The molecule has 0 radical (unpaired) electrons. The maximum absolute atomic E-state index is 5.89. The number of fused-ring (bicyclic) bond motifs is 2. The molecule has 2 heterocycles. The first kappa shape index (κ1) is 10.5. The van der Waals surface area contributed by atoms with Gasteiger partial charge in [0.05, 0.1) is 0 Å². The SMILES string of the molecule is S=C(c1ccc(Cl)cc1)N1C2CCC1CC2. The lowest BCUT2D eigenvalue weighted by Crippen LogP contribution is -2.34. The molecular formula is C13H14ClNS. The minimum absolute atomic E-state index is 0.702. The van der Waals surface area contributed by atoms with Gasteiger partial charge < -0.3 is 4.90 Å². The Hall–Kier alpha value is -0.600. The standard InChI is InChI=1S/C13H14ClNS/c14-10-3-1-9(2-4-10)13(16)15-11-5-6-12(15)8-7-11/h1-4,11-12H,5-8H2. The molecule has 0 saturated carbocycles. The molecule has 2 bridgehead atoms. The van der Waals surface area contributed by atoms with Gasteiger partial charge in [0.25, 0.3) is 0 Å². The first-order valence-corrected chi connectivity index (χ1v) is 6.62. The van der Waals surface area contributed by atoms with E-state index in [1.807, 2.05) is 24.3 Å². The second-order valence-electron chi connectivity index (χ2n) is 4.68. The van der Waals surface area contributed by atoms with Gasteiger partial charge in [0.1, 0.15) is 4.99 Å². The molecule has 0 aromatic heterocycles. The lowest BCUT2D eigenvalue weighted by Gasteiger charge is -2.25. The van der Waals surface area contributed by atoms with Gasteiger partial charge in [0.15, 0.2) is 0 Å². The number of thiocarbonyl (C=S) groups is 1. The molecule has 16 heavy (non-hydrogen) atoms. The molecule has 3 rings (SSSR count). The van der Waals surface area contributed by atoms with E-state index in [4.69, 9.17) is 23.8 Å². The molecule has 0 unspecified atom stereocenters. The lowest BCUT2D eigenvalue weighted by atomic mass is 10.0. The number of hydrogen-bond acceptors (Lipinski definition) is 1. The van der Waals surface area contributed by atoms with Crippen LogP contribution in [0.15, 0.2) is 24.3 Å². The highest BCUT2D eigenvalue weighted by Gasteiger charge is 2.40. The number of rotatable bonds is 1. The average molecular weight is 252 g/mol. The number of benzene rings is 1. The fourth-order valence-electron chi connectivity index (χ4n) is 2.99. The van der Waals surface area contributed by atoms with Crippen molar-refractivity contribution in [2.75, 3.05) is 0 Å². The molecule has 2 fully saturated rings. The van der Waals surface area contributed by atoms with E-state index in [-0.39, 0.29) is 0 Å². The second kappa shape index (κ2) is 4.01. The second-order valence-corrected chi connectivity index (χ2v) is 5.50. The zero-order chi connectivity index (χ0) is 11.1. The Labute approximate surface area is 106 Å². The quantitative estimate of drug-likeness (QED) is 0.701. The third kappa shape index (κ3) is 1.64. The molecule has 0 N–H and O–H groups in total. The van der Waals surface area contributed by atoms with Crippen molar-refractivity contribution in [1.29, 1.82) is 0 Å². The summed E-state index contributed by atoms with van der Waals surface area (Å²) in [5.41, 5.74) is 1.14. The lowest BCUT2D eigenvalue weighted by molar-refractivity contribution is 0.407. The number of halogens is 1. The van der Waals surface area contributed by atoms with Gasteiger partial charge in [-0.25, -0.2) is 0 Å². The van der Waals surface area contributed by atoms with E-state index in [0.717, 1.165) is 15.6 Å². The van der Waals surface area contributed by atoms with E-state index in [1.54, 1.807) is 0 Å². The van der Waals surface area contributed by atoms with Crippen LogP contribution >= 0.6 is 23.8 Å². The summed E-state index contributed by atoms with van der Waals surface area (Å²) in [5.74, 6) is 0. The van der Waals surface area contributed by atoms with E-state index < -0.39 is 0 Å². The van der Waals surface area contributed by atoms with E-state index in [1.165, 1.54) is 25.7 Å². The van der Waals surface area contributed by atoms with Crippen LogP contribution in [0.4, 0.5) is 0 Å². The Kier molecular flexibility index (Phi) is 2.64. The van der Waals surface area contributed by atoms with Crippen molar-refractivity contribution < 1.29 is 0 Å². The van der Waals surface area contributed by atoms with Crippen LogP contribution in [0.5, 0.6) is 0 Å². The summed E-state index contributed by atoms with van der Waals surface area (Å²) in [4.78, 5) is 3.47. The summed E-state index contributed by atoms with van der Waals surface area (Å²) >= 11 is 11.5.